The summed E-state index contributed by atoms with van der Waals surface area (Å²) in [5, 5.41) is 0.626. The Labute approximate surface area is 112 Å². The summed E-state index contributed by atoms with van der Waals surface area (Å²) in [6.45, 7) is 0.747. The number of hydrogen-bond acceptors (Lipinski definition) is 2. The molecule has 2 rings (SSSR count). The van der Waals surface area contributed by atoms with Crippen LogP contribution in [0.4, 0.5) is 0 Å². The highest BCUT2D eigenvalue weighted by molar-refractivity contribution is 7.80. The fourth-order valence-corrected chi connectivity index (χ4v) is 2.54. The van der Waals surface area contributed by atoms with Gasteiger partial charge in [-0.1, -0.05) is 36.7 Å². The molecule has 1 aliphatic carbocycles. The highest BCUT2D eigenvalue weighted by atomic mass is 35.5. The van der Waals surface area contributed by atoms with Gasteiger partial charge in [0, 0.05) is 5.02 Å². The smallest absolute Gasteiger partial charge is 0.129 e. The largest absolute Gasteiger partial charge is 0.493 e. The van der Waals surface area contributed by atoms with Gasteiger partial charge in [-0.3, -0.25) is 0 Å². The van der Waals surface area contributed by atoms with Crippen molar-refractivity contribution in [3.8, 4) is 5.75 Å². The molecule has 17 heavy (non-hydrogen) atoms. The van der Waals surface area contributed by atoms with Gasteiger partial charge in [-0.25, -0.2) is 0 Å². The summed E-state index contributed by atoms with van der Waals surface area (Å²) < 4.78 is 5.81. The van der Waals surface area contributed by atoms with Crippen LogP contribution in [0.15, 0.2) is 18.2 Å². The standard InChI is InChI=1S/C13H16ClNOS/c14-10-5-6-12(11(7-10)13(15)17)16-8-9-3-1-2-4-9/h5-7,9H,1-4,8H2,(H2,15,17). The average Bonchev–Trinajstić information content (AvgIpc) is 2.80. The molecule has 1 saturated carbocycles. The van der Waals surface area contributed by atoms with E-state index >= 15 is 0 Å². The van der Waals surface area contributed by atoms with Crippen LogP contribution in [0.1, 0.15) is 31.2 Å². The fourth-order valence-electron chi connectivity index (χ4n) is 2.21. The molecule has 92 valence electrons. The highest BCUT2D eigenvalue weighted by Crippen LogP contribution is 2.28. The third kappa shape index (κ3) is 3.33. The van der Waals surface area contributed by atoms with E-state index in [4.69, 9.17) is 34.3 Å². The van der Waals surface area contributed by atoms with Gasteiger partial charge in [0.1, 0.15) is 10.7 Å². The molecule has 0 aromatic heterocycles. The van der Waals surface area contributed by atoms with E-state index in [1.165, 1.54) is 25.7 Å². The lowest BCUT2D eigenvalue weighted by Crippen LogP contribution is -2.14. The maximum Gasteiger partial charge on any atom is 0.129 e. The monoisotopic (exact) mass is 269 g/mol. The summed E-state index contributed by atoms with van der Waals surface area (Å²) in [6, 6.07) is 5.40. The minimum atomic E-state index is 0.328. The Morgan fingerprint density at radius 3 is 2.76 bits per heavy atom. The summed E-state index contributed by atoms with van der Waals surface area (Å²) in [5.74, 6) is 1.42. The first kappa shape index (κ1) is 12.7. The van der Waals surface area contributed by atoms with Crippen molar-refractivity contribution in [2.24, 2.45) is 11.7 Å². The third-order valence-electron chi connectivity index (χ3n) is 3.16. The van der Waals surface area contributed by atoms with Crippen molar-refractivity contribution < 1.29 is 4.74 Å². The normalized spacial score (nSPS) is 16.1. The molecule has 2 nitrogen and oxygen atoms in total. The van der Waals surface area contributed by atoms with Gasteiger partial charge in [-0.05, 0) is 37.0 Å². The van der Waals surface area contributed by atoms with E-state index in [1.54, 1.807) is 12.1 Å². The van der Waals surface area contributed by atoms with Crippen molar-refractivity contribution in [3.05, 3.63) is 28.8 Å². The van der Waals surface area contributed by atoms with Crippen LogP contribution in [0.2, 0.25) is 5.02 Å². The van der Waals surface area contributed by atoms with Crippen molar-refractivity contribution in [2.45, 2.75) is 25.7 Å². The fraction of sp³-hybridized carbons (Fsp3) is 0.462. The molecule has 1 aromatic rings. The average molecular weight is 270 g/mol. The Bertz CT molecular complexity index is 416. The van der Waals surface area contributed by atoms with E-state index in [0.29, 0.717) is 15.9 Å². The van der Waals surface area contributed by atoms with E-state index in [2.05, 4.69) is 0 Å². The molecule has 0 aliphatic heterocycles. The van der Waals surface area contributed by atoms with Crippen molar-refractivity contribution in [2.75, 3.05) is 6.61 Å². The molecule has 0 unspecified atom stereocenters. The van der Waals surface area contributed by atoms with E-state index < -0.39 is 0 Å². The van der Waals surface area contributed by atoms with Crippen molar-refractivity contribution in [1.29, 1.82) is 0 Å². The van der Waals surface area contributed by atoms with E-state index in [0.717, 1.165) is 17.9 Å². The predicted molar refractivity (Wildman–Crippen MR) is 74.8 cm³/mol. The van der Waals surface area contributed by atoms with Crippen molar-refractivity contribution in [1.82, 2.24) is 0 Å². The number of nitrogens with two attached hydrogens (primary N) is 1. The number of halogens is 1. The first-order valence-electron chi connectivity index (χ1n) is 5.89. The van der Waals surface area contributed by atoms with Gasteiger partial charge in [-0.15, -0.1) is 0 Å². The van der Waals surface area contributed by atoms with Crippen LogP contribution in [0.25, 0.3) is 0 Å². The summed E-state index contributed by atoms with van der Waals surface area (Å²) >= 11 is 10.9. The number of hydrogen-bond donors (Lipinski definition) is 1. The molecule has 1 aromatic carbocycles. The lowest BCUT2D eigenvalue weighted by molar-refractivity contribution is 0.252. The number of ether oxygens (including phenoxy) is 1. The Morgan fingerprint density at radius 2 is 2.12 bits per heavy atom. The Morgan fingerprint density at radius 1 is 1.41 bits per heavy atom. The summed E-state index contributed by atoms with van der Waals surface area (Å²) in [6.07, 6.45) is 5.15. The van der Waals surface area contributed by atoms with Crippen molar-refractivity contribution in [3.63, 3.8) is 0 Å². The van der Waals surface area contributed by atoms with Crippen LogP contribution in [0.3, 0.4) is 0 Å². The number of rotatable bonds is 4. The Kier molecular flexibility index (Phi) is 4.24. The minimum Gasteiger partial charge on any atom is -0.493 e. The van der Waals surface area contributed by atoms with Crippen LogP contribution in [0, 0.1) is 5.92 Å². The summed E-state index contributed by atoms with van der Waals surface area (Å²) in [4.78, 5) is 0.328. The van der Waals surface area contributed by atoms with E-state index in [9.17, 15) is 0 Å². The van der Waals surface area contributed by atoms with Gasteiger partial charge < -0.3 is 10.5 Å². The Hall–Kier alpha value is -0.800. The second-order valence-electron chi connectivity index (χ2n) is 4.47. The zero-order valence-electron chi connectivity index (χ0n) is 9.62. The Balaban J connectivity index is 2.06. The molecular formula is C13H16ClNOS. The number of benzene rings is 1. The molecule has 0 spiro atoms. The quantitative estimate of drug-likeness (QED) is 0.849. The molecule has 0 saturated heterocycles. The zero-order valence-corrected chi connectivity index (χ0v) is 11.2. The molecule has 2 N–H and O–H groups in total. The summed E-state index contributed by atoms with van der Waals surface area (Å²) in [7, 11) is 0. The van der Waals surface area contributed by atoms with Gasteiger partial charge in [-0.2, -0.15) is 0 Å². The van der Waals surface area contributed by atoms with Gasteiger partial charge in [0.25, 0.3) is 0 Å². The van der Waals surface area contributed by atoms with Gasteiger partial charge in [0.15, 0.2) is 0 Å². The van der Waals surface area contributed by atoms with Crippen LogP contribution >= 0.6 is 23.8 Å². The van der Waals surface area contributed by atoms with Gasteiger partial charge in [0.05, 0.1) is 12.2 Å². The first-order chi connectivity index (χ1) is 8.16. The third-order valence-corrected chi connectivity index (χ3v) is 3.61. The molecule has 1 fully saturated rings. The minimum absolute atomic E-state index is 0.328. The predicted octanol–water partition coefficient (Wildman–Crippen LogP) is 3.54. The molecule has 0 atom stereocenters. The molecule has 0 amide bonds. The van der Waals surface area contributed by atoms with Crippen molar-refractivity contribution >= 4 is 28.8 Å². The summed E-state index contributed by atoms with van der Waals surface area (Å²) in [5.41, 5.74) is 6.39. The SMILES string of the molecule is NC(=S)c1cc(Cl)ccc1OCC1CCCC1. The van der Waals surface area contributed by atoms with Gasteiger partial charge >= 0.3 is 0 Å². The van der Waals surface area contributed by atoms with Gasteiger partial charge in [0.2, 0.25) is 0 Å². The lowest BCUT2D eigenvalue weighted by atomic mass is 10.1. The molecule has 1 aliphatic rings. The van der Waals surface area contributed by atoms with Crippen LogP contribution in [-0.4, -0.2) is 11.6 Å². The van der Waals surface area contributed by atoms with E-state index in [1.807, 2.05) is 6.07 Å². The van der Waals surface area contributed by atoms with Crippen LogP contribution in [-0.2, 0) is 0 Å². The molecule has 0 radical (unpaired) electrons. The molecular weight excluding hydrogens is 254 g/mol. The topological polar surface area (TPSA) is 35.2 Å². The van der Waals surface area contributed by atoms with Crippen LogP contribution in [0.5, 0.6) is 5.75 Å². The van der Waals surface area contributed by atoms with Crippen LogP contribution < -0.4 is 10.5 Å². The molecule has 0 bridgehead atoms. The maximum atomic E-state index is 5.92. The lowest BCUT2D eigenvalue weighted by Gasteiger charge is -2.14. The highest BCUT2D eigenvalue weighted by Gasteiger charge is 2.16. The molecule has 0 heterocycles. The second-order valence-corrected chi connectivity index (χ2v) is 5.34. The first-order valence-corrected chi connectivity index (χ1v) is 6.67. The second kappa shape index (κ2) is 5.69. The number of thiocarbonyl (C=S) groups is 1. The molecule has 4 heteroatoms. The zero-order chi connectivity index (χ0) is 12.3. The maximum absolute atomic E-state index is 5.92. The van der Waals surface area contributed by atoms with E-state index in [-0.39, 0.29) is 0 Å².